The Morgan fingerprint density at radius 1 is 1.43 bits per heavy atom. The highest BCUT2D eigenvalue weighted by Crippen LogP contribution is 2.29. The van der Waals surface area contributed by atoms with E-state index >= 15 is 0 Å². The van der Waals surface area contributed by atoms with Crippen LogP contribution in [0.2, 0.25) is 0 Å². The van der Waals surface area contributed by atoms with Crippen LogP contribution in [-0.4, -0.2) is 53.8 Å². The molecule has 3 aliphatic heterocycles. The topological polar surface area (TPSA) is 70.2 Å². The highest BCUT2D eigenvalue weighted by atomic mass is 19.1. The van der Waals surface area contributed by atoms with Gasteiger partial charge in [0.15, 0.2) is 17.3 Å². The highest BCUT2D eigenvalue weighted by Gasteiger charge is 2.35. The van der Waals surface area contributed by atoms with Gasteiger partial charge in [-0.2, -0.15) is 5.10 Å². The average Bonchev–Trinajstić information content (AvgIpc) is 3.01. The summed E-state index contributed by atoms with van der Waals surface area (Å²) in [5.41, 5.74) is 0.432. The van der Waals surface area contributed by atoms with Crippen molar-refractivity contribution < 1.29 is 13.9 Å². The van der Waals surface area contributed by atoms with Gasteiger partial charge in [-0.15, -0.1) is 0 Å². The van der Waals surface area contributed by atoms with E-state index in [1.165, 1.54) is 13.2 Å². The van der Waals surface area contributed by atoms with Gasteiger partial charge >= 0.3 is 0 Å². The fraction of sp³-hybridized carbons (Fsp3) is 0.500. The zero-order valence-electron chi connectivity index (χ0n) is 12.9. The van der Waals surface area contributed by atoms with Crippen LogP contribution < -0.4 is 10.1 Å². The van der Waals surface area contributed by atoms with E-state index in [1.807, 2.05) is 0 Å². The first-order valence-corrected chi connectivity index (χ1v) is 7.91. The molecule has 122 valence electrons. The van der Waals surface area contributed by atoms with Crippen molar-refractivity contribution in [1.82, 2.24) is 20.4 Å². The number of carbonyl (C=O) groups is 1. The van der Waals surface area contributed by atoms with Crippen LogP contribution in [0.15, 0.2) is 12.1 Å². The molecule has 0 unspecified atom stereocenters. The van der Waals surface area contributed by atoms with Crippen molar-refractivity contribution in [3.63, 3.8) is 0 Å². The molecule has 6 nitrogen and oxygen atoms in total. The molecule has 1 aromatic carbocycles. The summed E-state index contributed by atoms with van der Waals surface area (Å²) >= 11 is 0. The second-order valence-electron chi connectivity index (χ2n) is 6.29. The first-order valence-electron chi connectivity index (χ1n) is 7.91. The Morgan fingerprint density at radius 3 is 2.87 bits per heavy atom. The summed E-state index contributed by atoms with van der Waals surface area (Å²) in [6.07, 6.45) is 2.25. The third kappa shape index (κ3) is 2.35. The SMILES string of the molecule is COc1ccc2c(C(=O)N[C@@H]3CN4CCC3CC4)n[nH]c2c1F. The highest BCUT2D eigenvalue weighted by molar-refractivity contribution is 6.05. The first-order chi connectivity index (χ1) is 11.2. The Bertz CT molecular complexity index is 752. The fourth-order valence-corrected chi connectivity index (χ4v) is 3.73. The summed E-state index contributed by atoms with van der Waals surface area (Å²) in [5.74, 6) is -0.115. The van der Waals surface area contributed by atoms with Gasteiger partial charge < -0.3 is 15.0 Å². The second kappa shape index (κ2) is 5.49. The van der Waals surface area contributed by atoms with E-state index in [4.69, 9.17) is 4.74 Å². The number of nitrogens with one attached hydrogen (secondary N) is 2. The van der Waals surface area contributed by atoms with Crippen LogP contribution in [0.3, 0.4) is 0 Å². The van der Waals surface area contributed by atoms with Crippen molar-refractivity contribution >= 4 is 16.8 Å². The normalized spacial score (nSPS) is 26.4. The third-order valence-corrected chi connectivity index (χ3v) is 5.05. The lowest BCUT2D eigenvalue weighted by atomic mass is 9.84. The maximum atomic E-state index is 14.2. The number of aromatic nitrogens is 2. The summed E-state index contributed by atoms with van der Waals surface area (Å²) in [6.45, 7) is 3.13. The Balaban J connectivity index is 1.59. The number of nitrogens with zero attached hydrogens (tertiary/aromatic N) is 2. The fourth-order valence-electron chi connectivity index (χ4n) is 3.73. The summed E-state index contributed by atoms with van der Waals surface area (Å²) < 4.78 is 19.1. The van der Waals surface area contributed by atoms with Crippen molar-refractivity contribution in [3.8, 4) is 5.75 Å². The van der Waals surface area contributed by atoms with Crippen molar-refractivity contribution in [3.05, 3.63) is 23.6 Å². The summed E-state index contributed by atoms with van der Waals surface area (Å²) in [5, 5.41) is 10.2. The first kappa shape index (κ1) is 14.4. The molecule has 2 N–H and O–H groups in total. The van der Waals surface area contributed by atoms with E-state index in [2.05, 4.69) is 20.4 Å². The van der Waals surface area contributed by atoms with Crippen LogP contribution in [0.1, 0.15) is 23.3 Å². The number of H-pyrrole nitrogens is 1. The van der Waals surface area contributed by atoms with E-state index in [1.54, 1.807) is 6.07 Å². The molecule has 1 atom stereocenters. The van der Waals surface area contributed by atoms with Crippen molar-refractivity contribution in [2.24, 2.45) is 5.92 Å². The molecule has 1 amide bonds. The molecule has 4 heterocycles. The van der Waals surface area contributed by atoms with E-state index < -0.39 is 5.82 Å². The summed E-state index contributed by atoms with van der Waals surface area (Å²) in [6, 6.07) is 3.32. The molecule has 3 aliphatic rings. The van der Waals surface area contributed by atoms with Crippen molar-refractivity contribution in [1.29, 1.82) is 0 Å². The van der Waals surface area contributed by atoms with Crippen LogP contribution in [0.4, 0.5) is 4.39 Å². The molecule has 3 saturated heterocycles. The van der Waals surface area contributed by atoms with Crippen molar-refractivity contribution in [2.45, 2.75) is 18.9 Å². The van der Waals surface area contributed by atoms with Gasteiger partial charge in [-0.05, 0) is 44.0 Å². The van der Waals surface area contributed by atoms with E-state index in [0.29, 0.717) is 11.3 Å². The average molecular weight is 318 g/mol. The quantitative estimate of drug-likeness (QED) is 0.900. The molecule has 3 fully saturated rings. The molecule has 2 aromatic rings. The number of hydrogen-bond donors (Lipinski definition) is 2. The maximum absolute atomic E-state index is 14.2. The molecular formula is C16H19FN4O2. The Morgan fingerprint density at radius 2 is 2.22 bits per heavy atom. The number of amides is 1. The maximum Gasteiger partial charge on any atom is 0.272 e. The summed E-state index contributed by atoms with van der Waals surface area (Å²) in [7, 11) is 1.40. The van der Waals surface area contributed by atoms with E-state index in [0.717, 1.165) is 32.5 Å². The zero-order chi connectivity index (χ0) is 16.0. The molecule has 1 aromatic heterocycles. The number of rotatable bonds is 3. The lowest BCUT2D eigenvalue weighted by molar-refractivity contribution is 0.0618. The van der Waals surface area contributed by atoms with Gasteiger partial charge in [0.25, 0.3) is 5.91 Å². The van der Waals surface area contributed by atoms with Crippen LogP contribution >= 0.6 is 0 Å². The number of methoxy groups -OCH3 is 1. The van der Waals surface area contributed by atoms with Crippen LogP contribution in [0.5, 0.6) is 5.75 Å². The van der Waals surface area contributed by atoms with Gasteiger partial charge in [-0.3, -0.25) is 9.89 Å². The monoisotopic (exact) mass is 318 g/mol. The smallest absolute Gasteiger partial charge is 0.272 e. The number of fused-ring (bicyclic) bond motifs is 4. The van der Waals surface area contributed by atoms with Crippen LogP contribution in [0.25, 0.3) is 10.9 Å². The van der Waals surface area contributed by atoms with Gasteiger partial charge in [0.2, 0.25) is 0 Å². The molecule has 0 radical (unpaired) electrons. The van der Waals surface area contributed by atoms with Gasteiger partial charge in [0, 0.05) is 18.0 Å². The molecule has 0 spiro atoms. The number of aromatic amines is 1. The van der Waals surface area contributed by atoms with Gasteiger partial charge in [-0.1, -0.05) is 0 Å². The molecule has 7 heteroatoms. The molecular weight excluding hydrogens is 299 g/mol. The standard InChI is InChI=1S/C16H19FN4O2/c1-23-12-3-2-10-14(13(12)17)19-20-15(10)16(22)18-11-8-21-6-4-9(11)5-7-21/h2-3,9,11H,4-8H2,1H3,(H,18,22)(H,19,20)/t11-/m1/s1. The number of carbonyl (C=O) groups excluding carboxylic acids is 1. The molecule has 2 bridgehead atoms. The number of halogens is 1. The number of hydrogen-bond acceptors (Lipinski definition) is 4. The Labute approximate surface area is 133 Å². The number of ether oxygens (including phenoxy) is 1. The van der Waals surface area contributed by atoms with Crippen LogP contribution in [0, 0.1) is 11.7 Å². The lowest BCUT2D eigenvalue weighted by Crippen LogP contribution is -2.57. The number of benzene rings is 1. The van der Waals surface area contributed by atoms with E-state index in [-0.39, 0.29) is 28.9 Å². The van der Waals surface area contributed by atoms with Gasteiger partial charge in [0.1, 0.15) is 5.52 Å². The number of piperidine rings is 3. The predicted molar refractivity (Wildman–Crippen MR) is 83.0 cm³/mol. The Kier molecular flexibility index (Phi) is 3.45. The molecule has 0 aliphatic carbocycles. The van der Waals surface area contributed by atoms with E-state index in [9.17, 15) is 9.18 Å². The summed E-state index contributed by atoms with van der Waals surface area (Å²) in [4.78, 5) is 14.9. The minimum atomic E-state index is -0.528. The van der Waals surface area contributed by atoms with Gasteiger partial charge in [-0.25, -0.2) is 4.39 Å². The van der Waals surface area contributed by atoms with Gasteiger partial charge in [0.05, 0.1) is 7.11 Å². The third-order valence-electron chi connectivity index (χ3n) is 5.05. The second-order valence-corrected chi connectivity index (χ2v) is 6.29. The molecule has 0 saturated carbocycles. The minimum Gasteiger partial charge on any atom is -0.494 e. The molecule has 5 rings (SSSR count). The Hall–Kier alpha value is -2.15. The molecule has 23 heavy (non-hydrogen) atoms. The largest absolute Gasteiger partial charge is 0.494 e. The predicted octanol–water partition coefficient (Wildman–Crippen LogP) is 1.53. The zero-order valence-corrected chi connectivity index (χ0v) is 12.9. The van der Waals surface area contributed by atoms with Crippen LogP contribution in [-0.2, 0) is 0 Å². The van der Waals surface area contributed by atoms with Crippen molar-refractivity contribution in [2.75, 3.05) is 26.7 Å². The minimum absolute atomic E-state index is 0.130. The lowest BCUT2D eigenvalue weighted by Gasteiger charge is -2.44.